The quantitative estimate of drug-likeness (QED) is 0.403. The van der Waals surface area contributed by atoms with Crippen LogP contribution >= 0.6 is 15.9 Å². The average molecular weight is 448 g/mol. The second-order valence-electron chi connectivity index (χ2n) is 7.01. The minimum Gasteiger partial charge on any atom is -0.493 e. The van der Waals surface area contributed by atoms with Crippen LogP contribution in [0.25, 0.3) is 0 Å². The van der Waals surface area contributed by atoms with Crippen molar-refractivity contribution in [2.75, 3.05) is 13.7 Å². The minimum atomic E-state index is -0.608. The van der Waals surface area contributed by atoms with Gasteiger partial charge in [0.05, 0.1) is 25.2 Å². The van der Waals surface area contributed by atoms with Crippen LogP contribution in [0.4, 0.5) is 0 Å². The van der Waals surface area contributed by atoms with Gasteiger partial charge in [-0.25, -0.2) is 0 Å². The second-order valence-corrected chi connectivity index (χ2v) is 7.87. The van der Waals surface area contributed by atoms with Crippen LogP contribution in [0.2, 0.25) is 0 Å². The Morgan fingerprint density at radius 1 is 1.25 bits per heavy atom. The van der Waals surface area contributed by atoms with Gasteiger partial charge in [0.1, 0.15) is 0 Å². The van der Waals surface area contributed by atoms with Gasteiger partial charge in [-0.05, 0) is 46.3 Å². The van der Waals surface area contributed by atoms with Gasteiger partial charge in [0.25, 0.3) is 17.7 Å². The Kier molecular flexibility index (Phi) is 4.70. The highest BCUT2D eigenvalue weighted by atomic mass is 79.9. The first-order valence-corrected chi connectivity index (χ1v) is 9.58. The summed E-state index contributed by atoms with van der Waals surface area (Å²) in [4.78, 5) is 36.3. The van der Waals surface area contributed by atoms with E-state index in [0.29, 0.717) is 21.5 Å². The highest BCUT2D eigenvalue weighted by Crippen LogP contribution is 2.52. The first-order valence-electron chi connectivity index (χ1n) is 8.79. The summed E-state index contributed by atoms with van der Waals surface area (Å²) < 4.78 is 11.2. The molecule has 0 spiro atoms. The number of allylic oxidation sites excluding steroid dienone is 2. The van der Waals surface area contributed by atoms with Crippen LogP contribution in [0.5, 0.6) is 11.5 Å². The zero-order valence-electron chi connectivity index (χ0n) is 15.0. The van der Waals surface area contributed by atoms with Crippen molar-refractivity contribution >= 4 is 39.9 Å². The van der Waals surface area contributed by atoms with Crippen LogP contribution in [-0.4, -0.2) is 42.7 Å². The Balaban J connectivity index is 1.56. The van der Waals surface area contributed by atoms with Crippen LogP contribution < -0.4 is 15.2 Å². The smallest absolute Gasteiger partial charge is 0.255 e. The van der Waals surface area contributed by atoms with E-state index in [1.807, 2.05) is 12.2 Å². The number of methoxy groups -OCH3 is 1. The first-order chi connectivity index (χ1) is 13.4. The number of rotatable bonds is 6. The van der Waals surface area contributed by atoms with Crippen LogP contribution in [0.1, 0.15) is 12.0 Å². The number of hydrazone groups is 1. The van der Waals surface area contributed by atoms with E-state index >= 15 is 0 Å². The van der Waals surface area contributed by atoms with Crippen molar-refractivity contribution in [2.24, 2.45) is 34.5 Å². The summed E-state index contributed by atoms with van der Waals surface area (Å²) in [6, 6.07) is 3.23. The summed E-state index contributed by atoms with van der Waals surface area (Å²) in [6.07, 6.45) is 6.38. The Morgan fingerprint density at radius 3 is 2.46 bits per heavy atom. The van der Waals surface area contributed by atoms with Crippen molar-refractivity contribution in [3.63, 3.8) is 0 Å². The largest absolute Gasteiger partial charge is 0.493 e. The molecule has 2 N–H and O–H groups in total. The molecule has 1 saturated carbocycles. The molecule has 1 heterocycles. The summed E-state index contributed by atoms with van der Waals surface area (Å²) in [5.74, 6) is -0.700. The maximum Gasteiger partial charge on any atom is 0.255 e. The van der Waals surface area contributed by atoms with E-state index in [1.54, 1.807) is 12.1 Å². The molecule has 1 aromatic carbocycles. The normalized spacial score (nSPS) is 27.7. The molecule has 3 amide bonds. The number of ether oxygens (including phenoxy) is 2. The Hall–Kier alpha value is -2.68. The van der Waals surface area contributed by atoms with Gasteiger partial charge in [-0.15, -0.1) is 0 Å². The number of carbonyl (C=O) groups excluding carboxylic acids is 3. The SMILES string of the molecule is COc1cc(C=NN2C(=O)C3C4C=CC(C4)C3C2=O)c(Br)cc1OCC(N)=O. The standard InChI is InChI=1S/C19H18BrN3O5/c1-27-13-5-11(12(20)6-14(13)28-8-15(21)24)7-22-23-18(25)16-9-2-3-10(4-9)17(16)19(23)26/h2-3,5-7,9-10,16-17H,4,8H2,1H3,(H2,21,24). The Labute approximate surface area is 169 Å². The number of amides is 3. The summed E-state index contributed by atoms with van der Waals surface area (Å²) in [7, 11) is 1.46. The zero-order valence-corrected chi connectivity index (χ0v) is 16.6. The van der Waals surface area contributed by atoms with Gasteiger partial charge in [0, 0.05) is 10.0 Å². The summed E-state index contributed by atoms with van der Waals surface area (Å²) in [6.45, 7) is -0.286. The van der Waals surface area contributed by atoms with Crippen LogP contribution in [0.15, 0.2) is 33.9 Å². The number of imide groups is 1. The monoisotopic (exact) mass is 447 g/mol. The van der Waals surface area contributed by atoms with Gasteiger partial charge in [0.15, 0.2) is 18.1 Å². The zero-order chi connectivity index (χ0) is 20.0. The third kappa shape index (κ3) is 2.99. The molecular weight excluding hydrogens is 430 g/mol. The highest BCUT2D eigenvalue weighted by Gasteiger charge is 2.59. The number of carbonyl (C=O) groups is 3. The van der Waals surface area contributed by atoms with Crippen molar-refractivity contribution in [1.29, 1.82) is 0 Å². The molecule has 2 bridgehead atoms. The van der Waals surface area contributed by atoms with E-state index in [9.17, 15) is 14.4 Å². The number of hydrogen-bond donors (Lipinski definition) is 1. The summed E-state index contributed by atoms with van der Waals surface area (Å²) in [5, 5.41) is 5.14. The van der Waals surface area contributed by atoms with Gasteiger partial charge in [-0.1, -0.05) is 12.2 Å². The molecule has 1 saturated heterocycles. The highest BCUT2D eigenvalue weighted by molar-refractivity contribution is 9.10. The number of hydrogen-bond acceptors (Lipinski definition) is 6. The van der Waals surface area contributed by atoms with Crippen LogP contribution in [0, 0.1) is 23.7 Å². The van der Waals surface area contributed by atoms with E-state index in [-0.39, 0.29) is 42.1 Å². The number of benzene rings is 1. The lowest BCUT2D eigenvalue weighted by Crippen LogP contribution is -2.28. The van der Waals surface area contributed by atoms with E-state index < -0.39 is 5.91 Å². The topological polar surface area (TPSA) is 111 Å². The number of nitrogens with two attached hydrogens (primary N) is 1. The molecule has 3 aliphatic rings. The molecule has 4 rings (SSSR count). The van der Waals surface area contributed by atoms with Crippen molar-refractivity contribution < 1.29 is 23.9 Å². The van der Waals surface area contributed by atoms with Crippen molar-refractivity contribution in [3.05, 3.63) is 34.3 Å². The Morgan fingerprint density at radius 2 is 1.89 bits per heavy atom. The summed E-state index contributed by atoms with van der Waals surface area (Å²) >= 11 is 3.39. The van der Waals surface area contributed by atoms with E-state index in [1.165, 1.54) is 13.3 Å². The molecule has 4 unspecified atom stereocenters. The lowest BCUT2D eigenvalue weighted by atomic mass is 9.85. The lowest BCUT2D eigenvalue weighted by molar-refractivity contribution is -0.140. The van der Waals surface area contributed by atoms with E-state index in [2.05, 4.69) is 21.0 Å². The predicted molar refractivity (Wildman–Crippen MR) is 103 cm³/mol. The van der Waals surface area contributed by atoms with Gasteiger partial charge in [0.2, 0.25) is 0 Å². The van der Waals surface area contributed by atoms with Gasteiger partial charge in [-0.2, -0.15) is 10.1 Å². The fourth-order valence-corrected chi connectivity index (χ4v) is 4.62. The van der Waals surface area contributed by atoms with Crippen molar-refractivity contribution in [3.8, 4) is 11.5 Å². The fourth-order valence-electron chi connectivity index (χ4n) is 4.19. The number of halogens is 1. The maximum absolute atomic E-state index is 12.7. The third-order valence-corrected chi connectivity index (χ3v) is 6.10. The van der Waals surface area contributed by atoms with Gasteiger partial charge in [-0.3, -0.25) is 14.4 Å². The molecule has 146 valence electrons. The first kappa shape index (κ1) is 18.7. The molecule has 1 aliphatic heterocycles. The average Bonchev–Trinajstić information content (AvgIpc) is 3.34. The van der Waals surface area contributed by atoms with Crippen LogP contribution in [-0.2, 0) is 14.4 Å². The number of nitrogens with zero attached hydrogens (tertiary/aromatic N) is 2. The molecule has 4 atom stereocenters. The second kappa shape index (κ2) is 7.05. The molecular formula is C19H18BrN3O5. The number of fused-ring (bicyclic) bond motifs is 5. The van der Waals surface area contributed by atoms with Gasteiger partial charge >= 0.3 is 0 Å². The van der Waals surface area contributed by atoms with Crippen molar-refractivity contribution in [2.45, 2.75) is 6.42 Å². The van der Waals surface area contributed by atoms with Crippen LogP contribution in [0.3, 0.4) is 0 Å². The Bertz CT molecular complexity index is 898. The molecule has 0 radical (unpaired) electrons. The molecule has 2 aliphatic carbocycles. The fraction of sp³-hybridized carbons (Fsp3) is 0.368. The molecule has 28 heavy (non-hydrogen) atoms. The van der Waals surface area contributed by atoms with E-state index in [4.69, 9.17) is 15.2 Å². The predicted octanol–water partition coefficient (Wildman–Crippen LogP) is 1.46. The maximum atomic E-state index is 12.7. The molecule has 1 aromatic rings. The molecule has 9 heteroatoms. The van der Waals surface area contributed by atoms with Crippen molar-refractivity contribution in [1.82, 2.24) is 5.01 Å². The molecule has 2 fully saturated rings. The summed E-state index contributed by atoms with van der Waals surface area (Å²) in [5.41, 5.74) is 5.68. The number of primary amides is 1. The van der Waals surface area contributed by atoms with Gasteiger partial charge < -0.3 is 15.2 Å². The molecule has 0 aromatic heterocycles. The molecule has 8 nitrogen and oxygen atoms in total. The third-order valence-electron chi connectivity index (χ3n) is 5.41. The van der Waals surface area contributed by atoms with E-state index in [0.717, 1.165) is 11.4 Å². The minimum absolute atomic E-state index is 0.139. The lowest BCUT2D eigenvalue weighted by Gasteiger charge is -2.13.